The van der Waals surface area contributed by atoms with Crippen molar-refractivity contribution in [2.45, 2.75) is 65.1 Å². The summed E-state index contributed by atoms with van der Waals surface area (Å²) in [4.78, 5) is 19.7. The minimum Gasteiger partial charge on any atom is -0.364 e. The molecule has 0 unspecified atom stereocenters. The van der Waals surface area contributed by atoms with E-state index in [-0.39, 0.29) is 12.1 Å². The SMILES string of the molecule is C=CC(=O)N(CC(N[Si](C)(C)C)N[Si](C)(C)C)[Si](C)(C)C. The summed E-state index contributed by atoms with van der Waals surface area (Å²) in [6.07, 6.45) is 1.61. The Labute approximate surface area is 134 Å². The number of carbonyl (C=O) groups excluding carboxylic acids is 1. The lowest BCUT2D eigenvalue weighted by atomic mass is 10.5. The molecule has 0 fully saturated rings. The van der Waals surface area contributed by atoms with Crippen molar-refractivity contribution in [1.29, 1.82) is 0 Å². The van der Waals surface area contributed by atoms with Gasteiger partial charge in [-0.3, -0.25) is 4.79 Å². The highest BCUT2D eigenvalue weighted by molar-refractivity contribution is 6.76. The topological polar surface area (TPSA) is 44.4 Å². The van der Waals surface area contributed by atoms with Gasteiger partial charge in [0.05, 0.1) is 6.17 Å². The molecule has 0 saturated carbocycles. The number of hydrogen-bond donors (Lipinski definition) is 2. The Morgan fingerprint density at radius 2 is 1.38 bits per heavy atom. The van der Waals surface area contributed by atoms with Gasteiger partial charge in [0.2, 0.25) is 5.91 Å². The summed E-state index contributed by atoms with van der Waals surface area (Å²) in [7, 11) is -4.58. The van der Waals surface area contributed by atoms with Gasteiger partial charge in [0.25, 0.3) is 0 Å². The lowest BCUT2D eigenvalue weighted by Crippen LogP contribution is -2.66. The van der Waals surface area contributed by atoms with Gasteiger partial charge in [0.15, 0.2) is 8.24 Å². The largest absolute Gasteiger partial charge is 0.364 e. The number of amides is 1. The van der Waals surface area contributed by atoms with Crippen LogP contribution in [0.25, 0.3) is 0 Å². The van der Waals surface area contributed by atoms with E-state index in [2.05, 4.69) is 75.5 Å². The monoisotopic (exact) mass is 345 g/mol. The predicted molar refractivity (Wildman–Crippen MR) is 102 cm³/mol. The van der Waals surface area contributed by atoms with Crippen molar-refractivity contribution in [1.82, 2.24) is 14.5 Å². The van der Waals surface area contributed by atoms with Crippen molar-refractivity contribution in [3.8, 4) is 0 Å². The van der Waals surface area contributed by atoms with Crippen molar-refractivity contribution < 1.29 is 4.79 Å². The number of nitrogens with one attached hydrogen (secondary N) is 2. The zero-order chi connectivity index (χ0) is 17.1. The van der Waals surface area contributed by atoms with Crippen LogP contribution in [0.1, 0.15) is 0 Å². The van der Waals surface area contributed by atoms with Crippen molar-refractivity contribution in [3.63, 3.8) is 0 Å². The number of carbonyl (C=O) groups is 1. The van der Waals surface area contributed by atoms with E-state index in [0.29, 0.717) is 0 Å². The summed E-state index contributed by atoms with van der Waals surface area (Å²) in [5, 5.41) is 0. The molecule has 0 heterocycles. The Balaban J connectivity index is 5.22. The van der Waals surface area contributed by atoms with E-state index in [1.807, 2.05) is 4.57 Å². The van der Waals surface area contributed by atoms with Crippen molar-refractivity contribution in [2.24, 2.45) is 0 Å². The first kappa shape index (κ1) is 20.8. The van der Waals surface area contributed by atoms with Crippen LogP contribution in [-0.4, -0.2) is 47.9 Å². The Kier molecular flexibility index (Phi) is 7.29. The zero-order valence-electron chi connectivity index (χ0n) is 15.4. The van der Waals surface area contributed by atoms with Crippen LogP contribution in [0.5, 0.6) is 0 Å². The number of nitrogens with zero attached hydrogens (tertiary/aromatic N) is 1. The summed E-state index contributed by atoms with van der Waals surface area (Å²) < 4.78 is 2.03. The average Bonchev–Trinajstić information content (AvgIpc) is 2.18. The van der Waals surface area contributed by atoms with Crippen LogP contribution >= 0.6 is 0 Å². The van der Waals surface area contributed by atoms with E-state index >= 15 is 0 Å². The molecule has 0 aromatic carbocycles. The van der Waals surface area contributed by atoms with Gasteiger partial charge in [-0.2, -0.15) is 0 Å². The molecule has 0 aliphatic heterocycles. The molecule has 0 saturated heterocycles. The Morgan fingerprint density at radius 3 is 1.62 bits per heavy atom. The fraction of sp³-hybridized carbons (Fsp3) is 0.786. The Morgan fingerprint density at radius 1 is 1.00 bits per heavy atom. The van der Waals surface area contributed by atoms with Gasteiger partial charge in [0.1, 0.15) is 16.5 Å². The third-order valence-electron chi connectivity index (χ3n) is 2.83. The first-order valence-corrected chi connectivity index (χ1v) is 18.1. The van der Waals surface area contributed by atoms with Crippen molar-refractivity contribution in [3.05, 3.63) is 12.7 Å². The smallest absolute Gasteiger partial charge is 0.238 e. The van der Waals surface area contributed by atoms with E-state index in [4.69, 9.17) is 0 Å². The highest BCUT2D eigenvalue weighted by Crippen LogP contribution is 2.12. The van der Waals surface area contributed by atoms with Gasteiger partial charge >= 0.3 is 0 Å². The molecule has 0 bridgehead atoms. The zero-order valence-corrected chi connectivity index (χ0v) is 18.4. The Bertz CT molecular complexity index is 351. The molecule has 0 aromatic rings. The highest BCUT2D eigenvalue weighted by atomic mass is 28.3. The maximum absolute atomic E-state index is 12.2. The predicted octanol–water partition coefficient (Wildman–Crippen LogP) is 3.01. The normalized spacial score (nSPS) is 13.4. The molecular formula is C14H35N3OSi3. The molecular weight excluding hydrogens is 310 g/mol. The molecule has 0 spiro atoms. The molecule has 7 heteroatoms. The Hall–Kier alpha value is -0.219. The molecule has 4 nitrogen and oxygen atoms in total. The molecule has 0 aliphatic carbocycles. The number of hydrogen-bond acceptors (Lipinski definition) is 3. The van der Waals surface area contributed by atoms with Gasteiger partial charge < -0.3 is 14.5 Å². The second-order valence-electron chi connectivity index (χ2n) is 8.67. The minimum absolute atomic E-state index is 0.0499. The quantitative estimate of drug-likeness (QED) is 0.404. The summed E-state index contributed by atoms with van der Waals surface area (Å²) >= 11 is 0. The maximum atomic E-state index is 12.2. The summed E-state index contributed by atoms with van der Waals surface area (Å²) in [6.45, 7) is 24.7. The second kappa shape index (κ2) is 7.36. The van der Waals surface area contributed by atoms with E-state index in [0.717, 1.165) is 6.54 Å². The van der Waals surface area contributed by atoms with E-state index < -0.39 is 24.7 Å². The van der Waals surface area contributed by atoms with Gasteiger partial charge in [-0.15, -0.1) is 0 Å². The van der Waals surface area contributed by atoms with E-state index in [9.17, 15) is 4.79 Å². The molecule has 21 heavy (non-hydrogen) atoms. The van der Waals surface area contributed by atoms with Crippen molar-refractivity contribution in [2.75, 3.05) is 6.54 Å². The fourth-order valence-electron chi connectivity index (χ4n) is 2.16. The lowest BCUT2D eigenvalue weighted by Gasteiger charge is -2.40. The lowest BCUT2D eigenvalue weighted by molar-refractivity contribution is -0.122. The van der Waals surface area contributed by atoms with E-state index in [1.54, 1.807) is 0 Å². The van der Waals surface area contributed by atoms with Gasteiger partial charge in [-0.05, 0) is 6.08 Å². The van der Waals surface area contributed by atoms with Crippen LogP contribution in [0.4, 0.5) is 0 Å². The molecule has 0 rings (SSSR count). The van der Waals surface area contributed by atoms with Crippen LogP contribution < -0.4 is 9.96 Å². The first-order chi connectivity index (χ1) is 9.15. The minimum atomic E-state index is -1.72. The third kappa shape index (κ3) is 9.41. The van der Waals surface area contributed by atoms with Gasteiger partial charge in [-0.25, -0.2) is 0 Å². The van der Waals surface area contributed by atoms with Gasteiger partial charge in [0, 0.05) is 6.54 Å². The molecule has 1 amide bonds. The molecule has 124 valence electrons. The highest BCUT2D eigenvalue weighted by Gasteiger charge is 2.32. The summed E-state index contributed by atoms with van der Waals surface area (Å²) in [6, 6.07) is 0. The molecule has 0 radical (unpaired) electrons. The van der Waals surface area contributed by atoms with Crippen molar-refractivity contribution >= 4 is 30.6 Å². The van der Waals surface area contributed by atoms with Crippen LogP contribution in [-0.2, 0) is 4.79 Å². The summed E-state index contributed by atoms with van der Waals surface area (Å²) in [5.41, 5.74) is 0. The maximum Gasteiger partial charge on any atom is 0.238 e. The third-order valence-corrected chi connectivity index (χ3v) is 7.28. The average molecular weight is 346 g/mol. The molecule has 0 aliphatic rings. The van der Waals surface area contributed by atoms with E-state index in [1.165, 1.54) is 6.08 Å². The molecule has 0 aromatic heterocycles. The second-order valence-corrected chi connectivity index (χ2v) is 23.1. The van der Waals surface area contributed by atoms with Gasteiger partial charge in [-0.1, -0.05) is 65.5 Å². The molecule has 2 N–H and O–H groups in total. The standard InChI is InChI=1S/C14H35N3OSi3/c1-11-14(18)17(21(8,9)10)12-13(15-19(2,3)4)16-20(5,6)7/h11,13,15-16H,1,12H2,2-10H3. The van der Waals surface area contributed by atoms with Crippen LogP contribution in [0, 0.1) is 0 Å². The summed E-state index contributed by atoms with van der Waals surface area (Å²) in [5.74, 6) is 0.0499. The van der Waals surface area contributed by atoms with Crippen LogP contribution in [0.2, 0.25) is 58.9 Å². The number of rotatable bonds is 8. The van der Waals surface area contributed by atoms with Crippen LogP contribution in [0.15, 0.2) is 12.7 Å². The van der Waals surface area contributed by atoms with Crippen LogP contribution in [0.3, 0.4) is 0 Å². The molecule has 0 atom stereocenters. The first-order valence-electron chi connectivity index (χ1n) is 7.65. The fourth-order valence-corrected chi connectivity index (χ4v) is 6.20.